The van der Waals surface area contributed by atoms with Gasteiger partial charge in [-0.15, -0.1) is 6.42 Å². The lowest BCUT2D eigenvalue weighted by atomic mass is 10.2. The van der Waals surface area contributed by atoms with Gasteiger partial charge in [-0.3, -0.25) is 4.79 Å². The molecule has 0 heterocycles. The highest BCUT2D eigenvalue weighted by atomic mass is 32.2. The molecule has 0 radical (unpaired) electrons. The summed E-state index contributed by atoms with van der Waals surface area (Å²) in [5, 5.41) is 0. The monoisotopic (exact) mass is 321 g/mol. The van der Waals surface area contributed by atoms with E-state index in [9.17, 15) is 13.2 Å². The summed E-state index contributed by atoms with van der Waals surface area (Å²) >= 11 is 0. The first-order chi connectivity index (χ1) is 10.4. The van der Waals surface area contributed by atoms with Gasteiger partial charge in [0.15, 0.2) is 0 Å². The molecule has 1 aromatic rings. The molecular formula is C16H19NO4S. The molecule has 0 aromatic heterocycles. The maximum absolute atomic E-state index is 12.5. The van der Waals surface area contributed by atoms with Gasteiger partial charge >= 0.3 is 5.97 Å². The minimum Gasteiger partial charge on any atom is -0.462 e. The lowest BCUT2D eigenvalue weighted by molar-refractivity contribution is -0.139. The molecule has 0 aliphatic heterocycles. The summed E-state index contributed by atoms with van der Waals surface area (Å²) in [5.74, 6) is 1.95. The van der Waals surface area contributed by atoms with Crippen LogP contribution in [0.2, 0.25) is 0 Å². The first-order valence-electron chi connectivity index (χ1n) is 6.66. The zero-order valence-electron chi connectivity index (χ0n) is 12.7. The molecule has 1 rings (SSSR count). The Balaban J connectivity index is 2.83. The van der Waals surface area contributed by atoms with Gasteiger partial charge in [-0.25, -0.2) is 8.42 Å². The van der Waals surface area contributed by atoms with E-state index in [-0.39, 0.29) is 24.6 Å². The smallest absolute Gasteiger partial charge is 0.302 e. The normalized spacial score (nSPS) is 11.5. The van der Waals surface area contributed by atoms with Crippen LogP contribution in [0.25, 0.3) is 0 Å². The molecule has 0 aliphatic carbocycles. The number of benzene rings is 1. The molecule has 22 heavy (non-hydrogen) atoms. The van der Waals surface area contributed by atoms with Crippen molar-refractivity contribution in [1.29, 1.82) is 0 Å². The third-order valence-electron chi connectivity index (χ3n) is 2.78. The summed E-state index contributed by atoms with van der Waals surface area (Å²) in [6.07, 6.45) is 8.43. The second-order valence-corrected chi connectivity index (χ2v) is 6.53. The predicted octanol–water partition coefficient (Wildman–Crippen LogP) is 1.74. The molecule has 0 N–H and O–H groups in total. The van der Waals surface area contributed by atoms with Crippen LogP contribution in [-0.2, 0) is 19.6 Å². The van der Waals surface area contributed by atoms with Crippen molar-refractivity contribution in [1.82, 2.24) is 4.31 Å². The Hall–Kier alpha value is -2.10. The van der Waals surface area contributed by atoms with Crippen LogP contribution in [0, 0.1) is 19.3 Å². The van der Waals surface area contributed by atoms with Crippen molar-refractivity contribution in [2.24, 2.45) is 0 Å². The van der Waals surface area contributed by atoms with Crippen LogP contribution in [0.3, 0.4) is 0 Å². The third kappa shape index (κ3) is 5.35. The first kappa shape index (κ1) is 18.0. The van der Waals surface area contributed by atoms with Crippen molar-refractivity contribution >= 4 is 16.0 Å². The average Bonchev–Trinajstić information content (AvgIpc) is 2.46. The Labute approximate surface area is 131 Å². The largest absolute Gasteiger partial charge is 0.462 e. The molecule has 0 aliphatic rings. The Bertz CT molecular complexity index is 669. The molecule has 0 atom stereocenters. The van der Waals surface area contributed by atoms with Gasteiger partial charge in [0.1, 0.15) is 6.61 Å². The number of esters is 1. The zero-order chi connectivity index (χ0) is 16.6. The SMILES string of the molecule is C#CCN(C/C=C/COC(C)=O)S(=O)(=O)c1ccc(C)cc1. The van der Waals surface area contributed by atoms with Gasteiger partial charge in [0.05, 0.1) is 11.4 Å². The number of nitrogens with zero attached hydrogens (tertiary/aromatic N) is 1. The molecule has 6 heteroatoms. The topological polar surface area (TPSA) is 63.7 Å². The number of carbonyl (C=O) groups excluding carboxylic acids is 1. The van der Waals surface area contributed by atoms with Crippen LogP contribution in [0.5, 0.6) is 0 Å². The zero-order valence-corrected chi connectivity index (χ0v) is 13.5. The lowest BCUT2D eigenvalue weighted by Crippen LogP contribution is -2.31. The molecular weight excluding hydrogens is 302 g/mol. The van der Waals surface area contributed by atoms with E-state index < -0.39 is 16.0 Å². The van der Waals surface area contributed by atoms with E-state index in [1.165, 1.54) is 11.2 Å². The lowest BCUT2D eigenvalue weighted by Gasteiger charge is -2.18. The Morgan fingerprint density at radius 2 is 1.95 bits per heavy atom. The highest BCUT2D eigenvalue weighted by molar-refractivity contribution is 7.89. The summed E-state index contributed by atoms with van der Waals surface area (Å²) in [5.41, 5.74) is 0.976. The van der Waals surface area contributed by atoms with E-state index in [1.54, 1.807) is 36.4 Å². The summed E-state index contributed by atoms with van der Waals surface area (Å²) in [6.45, 7) is 3.37. The number of rotatable bonds is 7. The minimum absolute atomic E-state index is 0.0336. The van der Waals surface area contributed by atoms with Crippen molar-refractivity contribution < 1.29 is 17.9 Å². The van der Waals surface area contributed by atoms with E-state index in [2.05, 4.69) is 5.92 Å². The van der Waals surface area contributed by atoms with E-state index in [4.69, 9.17) is 11.2 Å². The molecule has 0 fully saturated rings. The number of ether oxygens (including phenoxy) is 1. The molecule has 0 amide bonds. The Morgan fingerprint density at radius 3 is 2.50 bits per heavy atom. The van der Waals surface area contributed by atoms with Crippen molar-refractivity contribution in [2.45, 2.75) is 18.7 Å². The van der Waals surface area contributed by atoms with E-state index >= 15 is 0 Å². The first-order valence-corrected chi connectivity index (χ1v) is 8.10. The van der Waals surface area contributed by atoms with Gasteiger partial charge < -0.3 is 4.74 Å². The number of hydrogen-bond acceptors (Lipinski definition) is 4. The number of sulfonamides is 1. The van der Waals surface area contributed by atoms with Gasteiger partial charge in [-0.1, -0.05) is 29.7 Å². The van der Waals surface area contributed by atoms with Crippen LogP contribution in [0.4, 0.5) is 0 Å². The quantitative estimate of drug-likeness (QED) is 0.436. The second-order valence-electron chi connectivity index (χ2n) is 4.59. The Kier molecular flexibility index (Phi) is 6.83. The number of terminal acetylenes is 1. The molecule has 0 spiro atoms. The summed E-state index contributed by atoms with van der Waals surface area (Å²) in [6, 6.07) is 6.57. The maximum atomic E-state index is 12.5. The van der Waals surface area contributed by atoms with Gasteiger partial charge in [-0.05, 0) is 25.1 Å². The standard InChI is InChI=1S/C16H19NO4S/c1-4-11-17(12-5-6-13-21-15(3)18)22(19,20)16-9-7-14(2)8-10-16/h1,5-10H,11-13H2,2-3H3/b6-5+. The van der Waals surface area contributed by atoms with Crippen molar-refractivity contribution in [3.05, 3.63) is 42.0 Å². The number of hydrogen-bond donors (Lipinski definition) is 0. The fraction of sp³-hybridized carbons (Fsp3) is 0.312. The minimum atomic E-state index is -3.65. The van der Waals surface area contributed by atoms with Crippen molar-refractivity contribution in [2.75, 3.05) is 19.7 Å². The van der Waals surface area contributed by atoms with Crippen LogP contribution in [0.15, 0.2) is 41.3 Å². The Morgan fingerprint density at radius 1 is 1.32 bits per heavy atom. The molecule has 0 saturated heterocycles. The van der Waals surface area contributed by atoms with Gasteiger partial charge in [-0.2, -0.15) is 4.31 Å². The van der Waals surface area contributed by atoms with Crippen molar-refractivity contribution in [3.63, 3.8) is 0 Å². The van der Waals surface area contributed by atoms with E-state index in [0.717, 1.165) is 5.56 Å². The highest BCUT2D eigenvalue weighted by Gasteiger charge is 2.22. The van der Waals surface area contributed by atoms with Gasteiger partial charge in [0.2, 0.25) is 10.0 Å². The fourth-order valence-electron chi connectivity index (χ4n) is 1.63. The molecule has 5 nitrogen and oxygen atoms in total. The number of carbonyl (C=O) groups is 1. The summed E-state index contributed by atoms with van der Waals surface area (Å²) in [7, 11) is -3.65. The predicted molar refractivity (Wildman–Crippen MR) is 84.5 cm³/mol. The second kappa shape index (κ2) is 8.37. The van der Waals surface area contributed by atoms with Crippen LogP contribution in [-0.4, -0.2) is 38.4 Å². The van der Waals surface area contributed by atoms with E-state index in [0.29, 0.717) is 0 Å². The van der Waals surface area contributed by atoms with Crippen LogP contribution < -0.4 is 0 Å². The maximum Gasteiger partial charge on any atom is 0.302 e. The number of aryl methyl sites for hydroxylation is 1. The van der Waals surface area contributed by atoms with Crippen LogP contribution >= 0.6 is 0 Å². The third-order valence-corrected chi connectivity index (χ3v) is 4.61. The molecule has 0 unspecified atom stereocenters. The van der Waals surface area contributed by atoms with Crippen molar-refractivity contribution in [3.8, 4) is 12.3 Å². The van der Waals surface area contributed by atoms with Gasteiger partial charge in [0, 0.05) is 13.5 Å². The van der Waals surface area contributed by atoms with Gasteiger partial charge in [0.25, 0.3) is 0 Å². The molecule has 1 aromatic carbocycles. The summed E-state index contributed by atoms with van der Waals surface area (Å²) in [4.78, 5) is 10.8. The summed E-state index contributed by atoms with van der Waals surface area (Å²) < 4.78 is 30.9. The molecule has 0 bridgehead atoms. The van der Waals surface area contributed by atoms with E-state index in [1.807, 2.05) is 6.92 Å². The molecule has 118 valence electrons. The highest BCUT2D eigenvalue weighted by Crippen LogP contribution is 2.16. The van der Waals surface area contributed by atoms with Crippen LogP contribution in [0.1, 0.15) is 12.5 Å². The average molecular weight is 321 g/mol. The molecule has 0 saturated carbocycles. The fourth-order valence-corrected chi connectivity index (χ4v) is 2.94.